The highest BCUT2D eigenvalue weighted by Crippen LogP contribution is 2.08. The predicted molar refractivity (Wildman–Crippen MR) is 80.7 cm³/mol. The molecule has 0 bridgehead atoms. The SMILES string of the molecule is Cc1cccc(CCC(C)NCc2csc(=O)[nH]2)c1. The van der Waals surface area contributed by atoms with Crippen molar-refractivity contribution < 1.29 is 0 Å². The standard InChI is InChI=1S/C15H20N2OS/c1-11-4-3-5-13(8-11)7-6-12(2)16-9-14-10-19-15(18)17-14/h3-5,8,10,12,16H,6-7,9H2,1-2H3,(H,17,18). The fourth-order valence-corrected chi connectivity index (χ4v) is 2.62. The van der Waals surface area contributed by atoms with Crippen molar-refractivity contribution in [2.24, 2.45) is 0 Å². The van der Waals surface area contributed by atoms with Gasteiger partial charge in [-0.25, -0.2) is 0 Å². The first-order valence-corrected chi connectivity index (χ1v) is 7.47. The van der Waals surface area contributed by atoms with Crippen LogP contribution >= 0.6 is 11.3 Å². The summed E-state index contributed by atoms with van der Waals surface area (Å²) in [4.78, 5) is 13.8. The molecule has 2 N–H and O–H groups in total. The Morgan fingerprint density at radius 1 is 1.42 bits per heavy atom. The Labute approximate surface area is 117 Å². The zero-order chi connectivity index (χ0) is 13.7. The molecule has 1 aromatic heterocycles. The quantitative estimate of drug-likeness (QED) is 0.852. The number of thiazole rings is 1. The lowest BCUT2D eigenvalue weighted by molar-refractivity contribution is 0.510. The molecule has 0 aliphatic carbocycles. The maximum Gasteiger partial charge on any atom is 0.304 e. The molecule has 1 unspecified atom stereocenters. The molecular formula is C15H20N2OS. The summed E-state index contributed by atoms with van der Waals surface area (Å²) in [5.74, 6) is 0. The van der Waals surface area contributed by atoms with Crippen molar-refractivity contribution in [2.75, 3.05) is 0 Å². The molecule has 0 radical (unpaired) electrons. The molecule has 0 saturated carbocycles. The van der Waals surface area contributed by atoms with E-state index >= 15 is 0 Å². The van der Waals surface area contributed by atoms with E-state index in [9.17, 15) is 4.79 Å². The molecule has 19 heavy (non-hydrogen) atoms. The van der Waals surface area contributed by atoms with Gasteiger partial charge in [-0.05, 0) is 32.3 Å². The van der Waals surface area contributed by atoms with Gasteiger partial charge in [0.1, 0.15) is 0 Å². The highest BCUT2D eigenvalue weighted by Gasteiger charge is 2.03. The third-order valence-corrected chi connectivity index (χ3v) is 3.88. The van der Waals surface area contributed by atoms with Crippen molar-refractivity contribution in [3.8, 4) is 0 Å². The van der Waals surface area contributed by atoms with Crippen LogP contribution in [0.2, 0.25) is 0 Å². The van der Waals surface area contributed by atoms with E-state index in [0.717, 1.165) is 25.1 Å². The van der Waals surface area contributed by atoms with Gasteiger partial charge in [0.15, 0.2) is 0 Å². The summed E-state index contributed by atoms with van der Waals surface area (Å²) in [7, 11) is 0. The summed E-state index contributed by atoms with van der Waals surface area (Å²) in [6.45, 7) is 5.03. The lowest BCUT2D eigenvalue weighted by Gasteiger charge is -2.13. The number of aryl methyl sites for hydroxylation is 2. The number of hydrogen-bond acceptors (Lipinski definition) is 3. The van der Waals surface area contributed by atoms with E-state index in [0.29, 0.717) is 6.04 Å². The van der Waals surface area contributed by atoms with Gasteiger partial charge in [0.25, 0.3) is 0 Å². The Morgan fingerprint density at radius 2 is 2.26 bits per heavy atom. The van der Waals surface area contributed by atoms with Crippen LogP contribution in [0.15, 0.2) is 34.4 Å². The number of nitrogens with one attached hydrogen (secondary N) is 2. The summed E-state index contributed by atoms with van der Waals surface area (Å²) >= 11 is 1.22. The molecular weight excluding hydrogens is 256 g/mol. The summed E-state index contributed by atoms with van der Waals surface area (Å²) in [5, 5.41) is 5.31. The van der Waals surface area contributed by atoms with E-state index in [1.54, 1.807) is 0 Å². The second kappa shape index (κ2) is 6.68. The number of benzene rings is 1. The predicted octanol–water partition coefficient (Wildman–Crippen LogP) is 2.86. The van der Waals surface area contributed by atoms with Crippen molar-refractivity contribution >= 4 is 11.3 Å². The highest BCUT2D eigenvalue weighted by molar-refractivity contribution is 7.07. The summed E-state index contributed by atoms with van der Waals surface area (Å²) in [6, 6.07) is 9.08. The average molecular weight is 276 g/mol. The minimum atomic E-state index is 0.0178. The number of H-pyrrole nitrogens is 1. The van der Waals surface area contributed by atoms with Gasteiger partial charge in [0.2, 0.25) is 0 Å². The van der Waals surface area contributed by atoms with Crippen LogP contribution in [0.4, 0.5) is 0 Å². The van der Waals surface area contributed by atoms with Gasteiger partial charge in [-0.15, -0.1) is 0 Å². The van der Waals surface area contributed by atoms with E-state index in [4.69, 9.17) is 0 Å². The smallest absolute Gasteiger partial charge is 0.304 e. The van der Waals surface area contributed by atoms with Crippen molar-refractivity contribution in [1.29, 1.82) is 0 Å². The molecule has 102 valence electrons. The maximum absolute atomic E-state index is 11.0. The first kappa shape index (κ1) is 14.0. The van der Waals surface area contributed by atoms with Crippen LogP contribution < -0.4 is 10.2 Å². The van der Waals surface area contributed by atoms with Crippen molar-refractivity contribution in [3.63, 3.8) is 0 Å². The number of aromatic nitrogens is 1. The van der Waals surface area contributed by atoms with Gasteiger partial charge in [0.05, 0.1) is 0 Å². The molecule has 0 spiro atoms. The van der Waals surface area contributed by atoms with E-state index in [2.05, 4.69) is 48.4 Å². The zero-order valence-electron chi connectivity index (χ0n) is 11.4. The Balaban J connectivity index is 1.75. The first-order chi connectivity index (χ1) is 9.13. The Morgan fingerprint density at radius 3 is 2.95 bits per heavy atom. The van der Waals surface area contributed by atoms with Gasteiger partial charge in [-0.3, -0.25) is 4.79 Å². The lowest BCUT2D eigenvalue weighted by atomic mass is 10.0. The number of aromatic amines is 1. The maximum atomic E-state index is 11.0. The molecule has 0 saturated heterocycles. The van der Waals surface area contributed by atoms with Crippen LogP contribution in [0.5, 0.6) is 0 Å². The fourth-order valence-electron chi connectivity index (χ4n) is 2.04. The molecule has 1 heterocycles. The van der Waals surface area contributed by atoms with Crippen molar-refractivity contribution in [3.05, 3.63) is 56.1 Å². The molecule has 1 atom stereocenters. The Hall–Kier alpha value is -1.39. The first-order valence-electron chi connectivity index (χ1n) is 6.59. The largest absolute Gasteiger partial charge is 0.315 e. The monoisotopic (exact) mass is 276 g/mol. The third kappa shape index (κ3) is 4.65. The summed E-state index contributed by atoms with van der Waals surface area (Å²) in [5.41, 5.74) is 3.67. The molecule has 0 aliphatic rings. The molecule has 4 heteroatoms. The minimum absolute atomic E-state index is 0.0178. The van der Waals surface area contributed by atoms with Crippen molar-refractivity contribution in [2.45, 2.75) is 39.3 Å². The molecule has 2 rings (SSSR count). The van der Waals surface area contributed by atoms with Crippen LogP contribution in [0.1, 0.15) is 30.2 Å². The summed E-state index contributed by atoms with van der Waals surface area (Å²) in [6.07, 6.45) is 2.17. The van der Waals surface area contributed by atoms with Gasteiger partial charge in [-0.1, -0.05) is 41.2 Å². The lowest BCUT2D eigenvalue weighted by Crippen LogP contribution is -2.26. The highest BCUT2D eigenvalue weighted by atomic mass is 32.1. The number of hydrogen-bond donors (Lipinski definition) is 2. The normalized spacial score (nSPS) is 12.5. The number of rotatable bonds is 6. The zero-order valence-corrected chi connectivity index (χ0v) is 12.2. The van der Waals surface area contributed by atoms with Gasteiger partial charge in [0, 0.05) is 23.7 Å². The van der Waals surface area contributed by atoms with Crippen LogP contribution in [0.3, 0.4) is 0 Å². The molecule has 1 aromatic carbocycles. The van der Waals surface area contributed by atoms with Crippen LogP contribution in [-0.2, 0) is 13.0 Å². The van der Waals surface area contributed by atoms with E-state index < -0.39 is 0 Å². The average Bonchev–Trinajstić information content (AvgIpc) is 2.80. The van der Waals surface area contributed by atoms with Crippen LogP contribution in [0.25, 0.3) is 0 Å². The Kier molecular flexibility index (Phi) is 4.93. The van der Waals surface area contributed by atoms with E-state index in [1.165, 1.54) is 22.5 Å². The summed E-state index contributed by atoms with van der Waals surface area (Å²) < 4.78 is 0. The molecule has 3 nitrogen and oxygen atoms in total. The van der Waals surface area contributed by atoms with Gasteiger partial charge < -0.3 is 10.3 Å². The Bertz CT molecular complexity index is 573. The second-order valence-corrected chi connectivity index (χ2v) is 5.83. The van der Waals surface area contributed by atoms with Crippen molar-refractivity contribution in [1.82, 2.24) is 10.3 Å². The topological polar surface area (TPSA) is 44.9 Å². The van der Waals surface area contributed by atoms with Gasteiger partial charge in [-0.2, -0.15) is 0 Å². The second-order valence-electron chi connectivity index (χ2n) is 4.98. The molecule has 0 amide bonds. The molecule has 2 aromatic rings. The minimum Gasteiger partial charge on any atom is -0.315 e. The molecule has 0 fully saturated rings. The molecule has 0 aliphatic heterocycles. The third-order valence-electron chi connectivity index (χ3n) is 3.16. The fraction of sp³-hybridized carbons (Fsp3) is 0.400. The van der Waals surface area contributed by atoms with E-state index in [-0.39, 0.29) is 4.87 Å². The van der Waals surface area contributed by atoms with Crippen LogP contribution in [-0.4, -0.2) is 11.0 Å². The van der Waals surface area contributed by atoms with E-state index in [1.807, 2.05) is 5.38 Å². The van der Waals surface area contributed by atoms with Gasteiger partial charge >= 0.3 is 4.87 Å². The van der Waals surface area contributed by atoms with Crippen LogP contribution in [0, 0.1) is 6.92 Å².